The van der Waals surface area contributed by atoms with Crippen LogP contribution in [0.3, 0.4) is 0 Å². The van der Waals surface area contributed by atoms with Crippen molar-refractivity contribution in [1.29, 1.82) is 0 Å². The van der Waals surface area contributed by atoms with Gasteiger partial charge in [-0.3, -0.25) is 0 Å². The molecule has 0 aromatic carbocycles. The zero-order valence-corrected chi connectivity index (χ0v) is 27.0. The van der Waals surface area contributed by atoms with Crippen molar-refractivity contribution in [3.63, 3.8) is 0 Å². The molecular weight excluding hydrogens is 700 g/mol. The number of aromatic nitrogens is 7. The maximum Gasteiger partial charge on any atom is 0.178 e. The lowest BCUT2D eigenvalue weighted by Crippen LogP contribution is -3.00. The van der Waals surface area contributed by atoms with Crippen LogP contribution < -0.4 is 17.0 Å². The quantitative estimate of drug-likeness (QED) is 0.127. The van der Waals surface area contributed by atoms with Crippen molar-refractivity contribution >= 4 is 45.2 Å². The molecular formula is C26H40ClI2N7. The number of unbranched alkanes of at least 4 members (excludes halogenated alkanes) is 10. The van der Waals surface area contributed by atoms with Gasteiger partial charge in [-0.2, -0.15) is 0 Å². The Labute approximate surface area is 249 Å². The van der Waals surface area contributed by atoms with Gasteiger partial charge in [-0.15, -0.1) is 10.2 Å². The molecule has 36 heavy (non-hydrogen) atoms. The zero-order chi connectivity index (χ0) is 25.0. The fourth-order valence-electron chi connectivity index (χ4n) is 4.30. The minimum atomic E-state index is 0. The molecule has 0 aliphatic rings. The number of nitrogens with zero attached hydrogens (tertiary/aromatic N) is 7. The zero-order valence-electron chi connectivity index (χ0n) is 21.9. The van der Waals surface area contributed by atoms with E-state index < -0.39 is 0 Å². The smallest absolute Gasteiger partial charge is 0.178 e. The highest BCUT2D eigenvalue weighted by Crippen LogP contribution is 2.28. The van der Waals surface area contributed by atoms with E-state index in [-0.39, 0.29) is 12.4 Å². The third-order valence-electron chi connectivity index (χ3n) is 6.34. The van der Waals surface area contributed by atoms with Crippen LogP contribution >= 0.6 is 45.2 Å². The van der Waals surface area contributed by atoms with Gasteiger partial charge in [-0.1, -0.05) is 88.5 Å². The lowest BCUT2D eigenvalue weighted by Gasteiger charge is -2.04. The molecule has 0 fully saturated rings. The number of hydrogen-bond donors (Lipinski definition) is 0. The fraction of sp³-hybridized carbons (Fsp3) is 0.654. The molecule has 0 aliphatic carbocycles. The number of hydrogen-bond acceptors (Lipinski definition) is 4. The monoisotopic (exact) mass is 739 g/mol. The van der Waals surface area contributed by atoms with E-state index in [2.05, 4.69) is 103 Å². The van der Waals surface area contributed by atoms with Crippen molar-refractivity contribution in [1.82, 2.24) is 30.0 Å². The van der Waals surface area contributed by atoms with Crippen LogP contribution in [0, 0.1) is 7.40 Å². The van der Waals surface area contributed by atoms with Crippen molar-refractivity contribution in [3.8, 4) is 22.5 Å². The molecule has 3 aromatic heterocycles. The van der Waals surface area contributed by atoms with E-state index in [1.807, 2.05) is 16.4 Å². The van der Waals surface area contributed by atoms with Crippen LogP contribution in [0.25, 0.3) is 22.5 Å². The first-order valence-corrected chi connectivity index (χ1v) is 15.4. The molecule has 10 heteroatoms. The summed E-state index contributed by atoms with van der Waals surface area (Å²) < 4.78 is 8.35. The van der Waals surface area contributed by atoms with Gasteiger partial charge in [0.2, 0.25) is 0 Å². The lowest BCUT2D eigenvalue weighted by atomic mass is 10.1. The van der Waals surface area contributed by atoms with Crippen molar-refractivity contribution in [2.24, 2.45) is 7.05 Å². The van der Waals surface area contributed by atoms with Crippen molar-refractivity contribution < 1.29 is 17.0 Å². The van der Waals surface area contributed by atoms with Gasteiger partial charge in [0, 0.05) is 13.1 Å². The topological polar surface area (TPSA) is 65.3 Å². The van der Waals surface area contributed by atoms with E-state index >= 15 is 0 Å². The third-order valence-corrected chi connectivity index (χ3v) is 8.48. The van der Waals surface area contributed by atoms with Gasteiger partial charge in [-0.25, -0.2) is 13.9 Å². The van der Waals surface area contributed by atoms with Gasteiger partial charge < -0.3 is 12.4 Å². The summed E-state index contributed by atoms with van der Waals surface area (Å²) in [7, 11) is 2.05. The Balaban J connectivity index is 0.00000456. The van der Waals surface area contributed by atoms with Gasteiger partial charge in [0.25, 0.3) is 0 Å². The SMILES string of the molecule is CCCCCCCCn1nnc(-c2cc(-c3nnn(CCCCCCCC)c3I)c[n+](C)c2)c1I.[Cl-]. The minimum absolute atomic E-state index is 0. The molecule has 0 saturated heterocycles. The first-order chi connectivity index (χ1) is 17.0. The second kappa shape index (κ2) is 16.9. The van der Waals surface area contributed by atoms with Gasteiger partial charge in [-0.05, 0) is 64.1 Å². The lowest BCUT2D eigenvalue weighted by molar-refractivity contribution is -0.670. The Morgan fingerprint density at radius 2 is 1.06 bits per heavy atom. The Morgan fingerprint density at radius 1 is 0.667 bits per heavy atom. The largest absolute Gasteiger partial charge is 1.00 e. The van der Waals surface area contributed by atoms with Crippen LogP contribution in [0.1, 0.15) is 90.9 Å². The van der Waals surface area contributed by atoms with Crippen molar-refractivity contribution in [2.45, 2.75) is 104 Å². The summed E-state index contributed by atoms with van der Waals surface area (Å²) in [4.78, 5) is 0. The highest BCUT2D eigenvalue weighted by atomic mass is 127. The Bertz CT molecular complexity index is 973. The molecule has 7 nitrogen and oxygen atoms in total. The van der Waals surface area contributed by atoms with E-state index in [1.165, 1.54) is 64.2 Å². The molecule has 0 bridgehead atoms. The normalized spacial score (nSPS) is 11.1. The second-order valence-corrected chi connectivity index (χ2v) is 11.5. The van der Waals surface area contributed by atoms with E-state index in [9.17, 15) is 0 Å². The predicted molar refractivity (Wildman–Crippen MR) is 158 cm³/mol. The second-order valence-electron chi connectivity index (χ2n) is 9.42. The predicted octanol–water partition coefficient (Wildman–Crippen LogP) is 3.96. The number of aryl methyl sites for hydroxylation is 3. The molecule has 0 unspecified atom stereocenters. The molecule has 0 amide bonds. The molecule has 0 spiro atoms. The van der Waals surface area contributed by atoms with E-state index in [1.54, 1.807) is 0 Å². The van der Waals surface area contributed by atoms with Crippen LogP contribution in [0.15, 0.2) is 18.5 Å². The number of pyridine rings is 1. The maximum atomic E-state index is 4.54. The summed E-state index contributed by atoms with van der Waals surface area (Å²) in [5.41, 5.74) is 3.99. The van der Waals surface area contributed by atoms with Crippen LogP contribution in [-0.2, 0) is 20.1 Å². The summed E-state index contributed by atoms with van der Waals surface area (Å²) in [6, 6.07) is 2.17. The summed E-state index contributed by atoms with van der Waals surface area (Å²) in [6.45, 7) is 6.36. The van der Waals surface area contributed by atoms with Crippen LogP contribution in [0.4, 0.5) is 0 Å². The summed E-state index contributed by atoms with van der Waals surface area (Å²) >= 11 is 4.77. The Morgan fingerprint density at radius 3 is 1.47 bits per heavy atom. The Hall–Kier alpha value is -0.820. The van der Waals surface area contributed by atoms with Crippen molar-refractivity contribution in [3.05, 3.63) is 25.9 Å². The van der Waals surface area contributed by atoms with Crippen LogP contribution in [0.5, 0.6) is 0 Å². The van der Waals surface area contributed by atoms with Gasteiger partial charge in [0.15, 0.2) is 12.4 Å². The van der Waals surface area contributed by atoms with E-state index in [0.29, 0.717) is 0 Å². The standard InChI is InChI=1S/C26H40I2N7.ClH/c1-4-6-8-10-12-14-16-34-25(27)23(29-31-34)21-18-22(20-33(3)19-21)24-26(28)35(32-30-24)17-15-13-11-9-7-5-2;/h18-20H,4-17H2,1-3H3;1H/q+1;/p-1. The first-order valence-electron chi connectivity index (χ1n) is 13.2. The average molecular weight is 740 g/mol. The van der Waals surface area contributed by atoms with Crippen LogP contribution in [-0.4, -0.2) is 30.0 Å². The molecule has 3 rings (SSSR count). The molecule has 3 aromatic rings. The molecule has 0 atom stereocenters. The van der Waals surface area contributed by atoms with Gasteiger partial charge in [0.1, 0.15) is 25.8 Å². The van der Waals surface area contributed by atoms with E-state index in [0.717, 1.165) is 55.8 Å². The minimum Gasteiger partial charge on any atom is -1.00 e. The molecule has 3 heterocycles. The van der Waals surface area contributed by atoms with Gasteiger partial charge >= 0.3 is 0 Å². The molecule has 200 valence electrons. The van der Waals surface area contributed by atoms with Crippen molar-refractivity contribution in [2.75, 3.05) is 0 Å². The molecule has 0 radical (unpaired) electrons. The van der Waals surface area contributed by atoms with E-state index in [4.69, 9.17) is 0 Å². The summed E-state index contributed by atoms with van der Waals surface area (Å²) in [5.74, 6) is 0. The maximum absolute atomic E-state index is 4.54. The fourth-order valence-corrected chi connectivity index (χ4v) is 5.82. The summed E-state index contributed by atoms with van der Waals surface area (Å²) in [6.07, 6.45) is 19.6. The summed E-state index contributed by atoms with van der Waals surface area (Å²) in [5, 5.41) is 18.0. The molecule has 0 saturated carbocycles. The average Bonchev–Trinajstić information content (AvgIpc) is 3.40. The third kappa shape index (κ3) is 9.18. The number of halogens is 3. The molecule has 0 aliphatic heterocycles. The van der Waals surface area contributed by atoms with Crippen LogP contribution in [0.2, 0.25) is 0 Å². The Kier molecular flexibility index (Phi) is 14.7. The highest BCUT2D eigenvalue weighted by molar-refractivity contribution is 14.1. The number of rotatable bonds is 16. The highest BCUT2D eigenvalue weighted by Gasteiger charge is 2.20. The first kappa shape index (κ1) is 31.4. The molecule has 0 N–H and O–H groups in total. The van der Waals surface area contributed by atoms with Gasteiger partial charge in [0.05, 0.1) is 11.1 Å².